The smallest absolute Gasteiger partial charge is 0.310 e. The molecule has 42 heavy (non-hydrogen) atoms. The Morgan fingerprint density at radius 3 is 2.19 bits per heavy atom. The van der Waals surface area contributed by atoms with E-state index in [1.54, 1.807) is 12.2 Å². The minimum absolute atomic E-state index is 0.0637. The summed E-state index contributed by atoms with van der Waals surface area (Å²) in [5.41, 5.74) is 1.70. The fourth-order valence-corrected chi connectivity index (χ4v) is 4.50. The molecule has 4 unspecified atom stereocenters. The summed E-state index contributed by atoms with van der Waals surface area (Å²) < 4.78 is 16.7. The number of rotatable bonds is 21. The maximum absolute atomic E-state index is 13.6. The quantitative estimate of drug-likeness (QED) is 0.117. The lowest BCUT2D eigenvalue weighted by atomic mass is 9.95. The average molecular weight is 581 g/mol. The molecule has 9 heteroatoms. The molecule has 3 N–H and O–H groups in total. The van der Waals surface area contributed by atoms with E-state index < -0.39 is 30.0 Å². The molecular weight excluding hydrogens is 536 g/mol. The number of hydrogen-bond acceptors (Lipinski definition) is 7. The Labute approximate surface area is 248 Å². The number of esters is 1. The Morgan fingerprint density at radius 2 is 1.57 bits per heavy atom. The number of amides is 2. The molecular formula is C33H44N2O7. The number of ether oxygens (including phenoxy) is 3. The van der Waals surface area contributed by atoms with Crippen LogP contribution in [0.1, 0.15) is 36.5 Å². The van der Waals surface area contributed by atoms with Crippen LogP contribution in [-0.2, 0) is 35.0 Å². The van der Waals surface area contributed by atoms with Crippen molar-refractivity contribution in [3.63, 3.8) is 0 Å². The van der Waals surface area contributed by atoms with Crippen molar-refractivity contribution < 1.29 is 33.7 Å². The molecule has 0 bridgehead atoms. The molecule has 228 valence electrons. The number of methoxy groups -OCH3 is 1. The predicted octanol–water partition coefficient (Wildman–Crippen LogP) is 3.54. The molecule has 4 atom stereocenters. The van der Waals surface area contributed by atoms with Crippen molar-refractivity contribution in [2.24, 2.45) is 11.8 Å². The number of aliphatic hydroxyl groups excluding tert-OH is 1. The van der Waals surface area contributed by atoms with Gasteiger partial charge >= 0.3 is 5.97 Å². The van der Waals surface area contributed by atoms with Crippen molar-refractivity contribution in [1.82, 2.24) is 10.6 Å². The Kier molecular flexibility index (Phi) is 16.5. The second kappa shape index (κ2) is 20.1. The summed E-state index contributed by atoms with van der Waals surface area (Å²) in [6.07, 6.45) is 3.57. The fourth-order valence-electron chi connectivity index (χ4n) is 4.50. The maximum atomic E-state index is 13.6. The van der Waals surface area contributed by atoms with Gasteiger partial charge < -0.3 is 30.0 Å². The third kappa shape index (κ3) is 12.4. The first kappa shape index (κ1) is 34.4. The highest BCUT2D eigenvalue weighted by Gasteiger charge is 2.33. The number of nitrogens with one attached hydrogen (secondary N) is 2. The van der Waals surface area contributed by atoms with Crippen LogP contribution in [0.3, 0.4) is 0 Å². The van der Waals surface area contributed by atoms with Crippen LogP contribution in [0.4, 0.5) is 0 Å². The lowest BCUT2D eigenvalue weighted by Gasteiger charge is -2.30. The normalized spacial score (nSPS) is 13.7. The zero-order valence-corrected chi connectivity index (χ0v) is 24.4. The molecule has 0 spiro atoms. The number of carbonyl (C=O) groups excluding carboxylic acids is 3. The van der Waals surface area contributed by atoms with E-state index in [1.807, 2.05) is 60.7 Å². The largest absolute Gasteiger partial charge is 0.455 e. The Hall–Kier alpha value is -3.79. The van der Waals surface area contributed by atoms with Gasteiger partial charge in [0.05, 0.1) is 44.3 Å². The summed E-state index contributed by atoms with van der Waals surface area (Å²) >= 11 is 0. The van der Waals surface area contributed by atoms with Crippen LogP contribution in [-0.4, -0.2) is 69.0 Å². The molecule has 2 amide bonds. The van der Waals surface area contributed by atoms with E-state index in [1.165, 1.54) is 7.11 Å². The average Bonchev–Trinajstić information content (AvgIpc) is 3.00. The van der Waals surface area contributed by atoms with Crippen LogP contribution in [0.25, 0.3) is 0 Å². The van der Waals surface area contributed by atoms with Gasteiger partial charge in [0, 0.05) is 20.1 Å². The summed E-state index contributed by atoms with van der Waals surface area (Å²) in [6, 6.07) is 18.2. The molecule has 0 aliphatic carbocycles. The van der Waals surface area contributed by atoms with Crippen molar-refractivity contribution in [2.45, 2.75) is 37.8 Å². The first-order chi connectivity index (χ1) is 20.4. The van der Waals surface area contributed by atoms with Crippen LogP contribution in [0.2, 0.25) is 0 Å². The van der Waals surface area contributed by atoms with Gasteiger partial charge in [0.25, 0.3) is 0 Å². The van der Waals surface area contributed by atoms with Gasteiger partial charge in [-0.05, 0) is 30.4 Å². The van der Waals surface area contributed by atoms with Crippen LogP contribution >= 0.6 is 0 Å². The van der Waals surface area contributed by atoms with Gasteiger partial charge in [-0.1, -0.05) is 72.8 Å². The molecule has 0 aliphatic heterocycles. The van der Waals surface area contributed by atoms with Crippen molar-refractivity contribution >= 4 is 17.8 Å². The van der Waals surface area contributed by atoms with Gasteiger partial charge in [-0.15, -0.1) is 13.2 Å². The standard InChI is InChI=1S/C33H44N2O7/c1-4-12-27(23-30(37)34-18-20-41-21-19-36)32(38)35-29(24-40-3)31(26-16-10-7-11-17-26)42-33(39)28(13-5-2)22-25-14-8-6-9-15-25/h4-11,14-17,27-29,31,36H,1-2,12-13,18-24H2,3H3,(H,34,37)(H,35,38). The first-order valence-electron chi connectivity index (χ1n) is 14.2. The molecule has 2 rings (SSSR count). The van der Waals surface area contributed by atoms with Gasteiger partial charge in [0.1, 0.15) is 6.10 Å². The molecule has 0 fully saturated rings. The number of hydrogen-bond donors (Lipinski definition) is 3. The summed E-state index contributed by atoms with van der Waals surface area (Å²) in [7, 11) is 1.51. The second-order valence-corrected chi connectivity index (χ2v) is 9.86. The van der Waals surface area contributed by atoms with Crippen LogP contribution in [0.15, 0.2) is 86.0 Å². The predicted molar refractivity (Wildman–Crippen MR) is 161 cm³/mol. The molecule has 0 heterocycles. The number of allylic oxidation sites excluding steroid dienone is 2. The Bertz CT molecular complexity index is 1090. The van der Waals surface area contributed by atoms with Crippen molar-refractivity contribution in [3.05, 3.63) is 97.1 Å². The number of aliphatic hydroxyl groups is 1. The van der Waals surface area contributed by atoms with Gasteiger partial charge in [-0.25, -0.2) is 0 Å². The van der Waals surface area contributed by atoms with Gasteiger partial charge in [0.15, 0.2) is 0 Å². The Morgan fingerprint density at radius 1 is 0.929 bits per heavy atom. The van der Waals surface area contributed by atoms with E-state index in [0.717, 1.165) is 5.56 Å². The number of carbonyl (C=O) groups is 3. The monoisotopic (exact) mass is 580 g/mol. The topological polar surface area (TPSA) is 123 Å². The molecule has 0 radical (unpaired) electrons. The molecule has 0 saturated carbocycles. The summed E-state index contributed by atoms with van der Waals surface area (Å²) in [6.45, 7) is 8.22. The third-order valence-corrected chi connectivity index (χ3v) is 6.58. The van der Waals surface area contributed by atoms with E-state index in [2.05, 4.69) is 23.8 Å². The van der Waals surface area contributed by atoms with Crippen LogP contribution in [0.5, 0.6) is 0 Å². The summed E-state index contributed by atoms with van der Waals surface area (Å²) in [4.78, 5) is 39.5. The summed E-state index contributed by atoms with van der Waals surface area (Å²) in [5.74, 6) is -2.26. The lowest BCUT2D eigenvalue weighted by Crippen LogP contribution is -2.47. The van der Waals surface area contributed by atoms with E-state index >= 15 is 0 Å². The molecule has 2 aromatic rings. The highest BCUT2D eigenvalue weighted by atomic mass is 16.5. The molecule has 0 aliphatic rings. The first-order valence-corrected chi connectivity index (χ1v) is 14.2. The van der Waals surface area contributed by atoms with E-state index in [0.29, 0.717) is 18.4 Å². The minimum atomic E-state index is -0.840. The fraction of sp³-hybridized carbons (Fsp3) is 0.424. The zero-order valence-electron chi connectivity index (χ0n) is 24.4. The number of benzene rings is 2. The van der Waals surface area contributed by atoms with E-state index in [9.17, 15) is 14.4 Å². The van der Waals surface area contributed by atoms with Gasteiger partial charge in [-0.2, -0.15) is 0 Å². The molecule has 2 aromatic carbocycles. The van der Waals surface area contributed by atoms with E-state index in [-0.39, 0.29) is 57.6 Å². The SMILES string of the molecule is C=CCC(CC(=O)NCCOCCO)C(=O)NC(COC)C(OC(=O)C(CC=C)Cc1ccccc1)c1ccccc1. The van der Waals surface area contributed by atoms with Crippen molar-refractivity contribution in [2.75, 3.05) is 40.1 Å². The maximum Gasteiger partial charge on any atom is 0.310 e. The Balaban J connectivity index is 2.21. The van der Waals surface area contributed by atoms with Gasteiger partial charge in [-0.3, -0.25) is 14.4 Å². The minimum Gasteiger partial charge on any atom is -0.455 e. The van der Waals surface area contributed by atoms with Crippen molar-refractivity contribution in [1.29, 1.82) is 0 Å². The molecule has 9 nitrogen and oxygen atoms in total. The zero-order chi connectivity index (χ0) is 30.6. The van der Waals surface area contributed by atoms with Crippen molar-refractivity contribution in [3.8, 4) is 0 Å². The second-order valence-electron chi connectivity index (χ2n) is 9.86. The van der Waals surface area contributed by atoms with Crippen LogP contribution in [0, 0.1) is 11.8 Å². The molecule has 0 saturated heterocycles. The van der Waals surface area contributed by atoms with Gasteiger partial charge in [0.2, 0.25) is 11.8 Å². The lowest BCUT2D eigenvalue weighted by molar-refractivity contribution is -0.158. The third-order valence-electron chi connectivity index (χ3n) is 6.58. The highest BCUT2D eigenvalue weighted by Crippen LogP contribution is 2.26. The molecule has 0 aromatic heterocycles. The van der Waals surface area contributed by atoms with Crippen LogP contribution < -0.4 is 10.6 Å². The highest BCUT2D eigenvalue weighted by molar-refractivity contribution is 5.86. The van der Waals surface area contributed by atoms with E-state index in [4.69, 9.17) is 19.3 Å². The summed E-state index contributed by atoms with van der Waals surface area (Å²) in [5, 5.41) is 14.5.